The summed E-state index contributed by atoms with van der Waals surface area (Å²) in [6.45, 7) is 7.24. The van der Waals surface area contributed by atoms with Crippen LogP contribution in [0.25, 0.3) is 0 Å². The first-order valence-electron chi connectivity index (χ1n) is 7.73. The maximum Gasteiger partial charge on any atom is 0.0704 e. The summed E-state index contributed by atoms with van der Waals surface area (Å²) < 4.78 is 16.3. The molecule has 4 heteroatoms. The molecule has 0 aliphatic rings. The van der Waals surface area contributed by atoms with Gasteiger partial charge in [0, 0.05) is 0 Å². The molecule has 1 unspecified atom stereocenters. The second-order valence-electron chi connectivity index (χ2n) is 4.70. The lowest BCUT2D eigenvalue weighted by Crippen LogP contribution is -2.17. The predicted octanol–water partition coefficient (Wildman–Crippen LogP) is 2.78. The summed E-state index contributed by atoms with van der Waals surface area (Å²) in [5, 5.41) is 8.51. The van der Waals surface area contributed by atoms with E-state index in [0.717, 1.165) is 12.8 Å². The molecule has 0 saturated heterocycles. The molecule has 0 saturated carbocycles. The summed E-state index contributed by atoms with van der Waals surface area (Å²) in [4.78, 5) is 0. The smallest absolute Gasteiger partial charge is 0.0704 e. The van der Waals surface area contributed by atoms with Crippen LogP contribution in [0.15, 0.2) is 0 Å². The van der Waals surface area contributed by atoms with Crippen LogP contribution in [0, 0.1) is 0 Å². The van der Waals surface area contributed by atoms with Crippen LogP contribution in [0.3, 0.4) is 0 Å². The van der Waals surface area contributed by atoms with Crippen molar-refractivity contribution < 1.29 is 19.3 Å². The fourth-order valence-corrected chi connectivity index (χ4v) is 1.86. The number of hydrogen-bond acceptors (Lipinski definition) is 4. The van der Waals surface area contributed by atoms with Crippen molar-refractivity contribution in [3.63, 3.8) is 0 Å². The lowest BCUT2D eigenvalue weighted by Gasteiger charge is -2.16. The molecule has 0 aliphatic carbocycles. The Balaban J connectivity index is 3.26. The number of hydrogen-bond donors (Lipinski definition) is 1. The average molecular weight is 276 g/mol. The van der Waals surface area contributed by atoms with E-state index in [9.17, 15) is 0 Å². The Hall–Kier alpha value is -0.160. The fraction of sp³-hybridized carbons (Fsp3) is 1.00. The number of aliphatic hydroxyl groups is 1. The molecule has 1 N–H and O–H groups in total. The van der Waals surface area contributed by atoms with Gasteiger partial charge in [-0.25, -0.2) is 0 Å². The van der Waals surface area contributed by atoms with E-state index in [1.807, 2.05) is 0 Å². The van der Waals surface area contributed by atoms with E-state index in [4.69, 9.17) is 19.3 Å². The molecule has 0 rings (SSSR count). The van der Waals surface area contributed by atoms with Gasteiger partial charge in [0.05, 0.1) is 45.7 Å². The Morgan fingerprint density at radius 3 is 2.16 bits per heavy atom. The maximum absolute atomic E-state index is 8.51. The second-order valence-corrected chi connectivity index (χ2v) is 4.70. The van der Waals surface area contributed by atoms with Gasteiger partial charge in [0.25, 0.3) is 0 Å². The van der Waals surface area contributed by atoms with Crippen molar-refractivity contribution in [1.29, 1.82) is 0 Å². The maximum atomic E-state index is 8.51. The second kappa shape index (κ2) is 15.9. The van der Waals surface area contributed by atoms with E-state index in [2.05, 4.69) is 13.8 Å². The van der Waals surface area contributed by atoms with Gasteiger partial charge in [0.1, 0.15) is 0 Å². The van der Waals surface area contributed by atoms with Crippen molar-refractivity contribution in [2.24, 2.45) is 0 Å². The van der Waals surface area contributed by atoms with E-state index < -0.39 is 0 Å². The SMILES string of the molecule is CCCCCCC(CC)OCCOCCOCCO. The molecular formula is C15H32O4. The standard InChI is InChI=1S/C15H32O4/c1-3-5-6-7-8-15(4-2)19-14-13-18-12-11-17-10-9-16/h15-16H,3-14H2,1-2H3. The highest BCUT2D eigenvalue weighted by Gasteiger charge is 2.05. The quantitative estimate of drug-likeness (QED) is 0.467. The lowest BCUT2D eigenvalue weighted by molar-refractivity contribution is -0.0180. The Morgan fingerprint density at radius 1 is 0.842 bits per heavy atom. The minimum atomic E-state index is 0.0688. The van der Waals surface area contributed by atoms with Crippen LogP contribution < -0.4 is 0 Å². The highest BCUT2D eigenvalue weighted by atomic mass is 16.5. The summed E-state index contributed by atoms with van der Waals surface area (Å²) in [5.74, 6) is 0. The highest BCUT2D eigenvalue weighted by Crippen LogP contribution is 2.10. The molecule has 0 aliphatic heterocycles. The molecule has 0 aromatic carbocycles. The van der Waals surface area contributed by atoms with Crippen molar-refractivity contribution >= 4 is 0 Å². The van der Waals surface area contributed by atoms with Crippen LogP contribution in [-0.4, -0.2) is 50.9 Å². The van der Waals surface area contributed by atoms with Gasteiger partial charge in [-0.3, -0.25) is 0 Å². The zero-order valence-corrected chi connectivity index (χ0v) is 12.7. The number of ether oxygens (including phenoxy) is 3. The highest BCUT2D eigenvalue weighted by molar-refractivity contribution is 4.56. The van der Waals surface area contributed by atoms with Gasteiger partial charge in [-0.1, -0.05) is 39.5 Å². The van der Waals surface area contributed by atoms with Gasteiger partial charge < -0.3 is 19.3 Å². The Morgan fingerprint density at radius 2 is 1.53 bits per heavy atom. The summed E-state index contributed by atoms with van der Waals surface area (Å²) in [5.41, 5.74) is 0. The Kier molecular flexibility index (Phi) is 15.8. The molecule has 1 atom stereocenters. The first kappa shape index (κ1) is 18.8. The van der Waals surface area contributed by atoms with Crippen molar-refractivity contribution in [2.45, 2.75) is 58.5 Å². The van der Waals surface area contributed by atoms with Crippen LogP contribution in [0.1, 0.15) is 52.4 Å². The number of unbranched alkanes of at least 4 members (excludes halogenated alkanes) is 3. The van der Waals surface area contributed by atoms with E-state index in [0.29, 0.717) is 39.1 Å². The van der Waals surface area contributed by atoms with Crippen molar-refractivity contribution in [3.8, 4) is 0 Å². The largest absolute Gasteiger partial charge is 0.394 e. The summed E-state index contributed by atoms with van der Waals surface area (Å²) in [6, 6.07) is 0. The van der Waals surface area contributed by atoms with Crippen molar-refractivity contribution in [2.75, 3.05) is 39.6 Å². The summed E-state index contributed by atoms with van der Waals surface area (Å²) in [6.07, 6.45) is 7.81. The number of rotatable bonds is 15. The normalized spacial score (nSPS) is 12.8. The fourth-order valence-electron chi connectivity index (χ4n) is 1.86. The summed E-state index contributed by atoms with van der Waals surface area (Å²) >= 11 is 0. The Bertz CT molecular complexity index is 164. The van der Waals surface area contributed by atoms with Crippen LogP contribution in [0.2, 0.25) is 0 Å². The molecule has 0 heterocycles. The van der Waals surface area contributed by atoms with Crippen LogP contribution in [-0.2, 0) is 14.2 Å². The molecule has 19 heavy (non-hydrogen) atoms. The van der Waals surface area contributed by atoms with E-state index in [1.165, 1.54) is 25.7 Å². The van der Waals surface area contributed by atoms with Gasteiger partial charge in [-0.05, 0) is 12.8 Å². The van der Waals surface area contributed by atoms with Crippen LogP contribution in [0.4, 0.5) is 0 Å². The molecule has 0 bridgehead atoms. The van der Waals surface area contributed by atoms with E-state index >= 15 is 0 Å². The van der Waals surface area contributed by atoms with E-state index in [1.54, 1.807) is 0 Å². The first-order chi connectivity index (χ1) is 9.35. The lowest BCUT2D eigenvalue weighted by atomic mass is 10.1. The van der Waals surface area contributed by atoms with Gasteiger partial charge in [-0.2, -0.15) is 0 Å². The molecule has 116 valence electrons. The van der Waals surface area contributed by atoms with Gasteiger partial charge in [-0.15, -0.1) is 0 Å². The summed E-state index contributed by atoms with van der Waals surface area (Å²) in [7, 11) is 0. The van der Waals surface area contributed by atoms with Crippen LogP contribution >= 0.6 is 0 Å². The molecule has 0 aromatic rings. The van der Waals surface area contributed by atoms with Gasteiger partial charge in [0.2, 0.25) is 0 Å². The topological polar surface area (TPSA) is 47.9 Å². The molecule has 0 fully saturated rings. The minimum absolute atomic E-state index is 0.0688. The average Bonchev–Trinajstić information content (AvgIpc) is 2.44. The minimum Gasteiger partial charge on any atom is -0.394 e. The predicted molar refractivity (Wildman–Crippen MR) is 77.5 cm³/mol. The zero-order valence-electron chi connectivity index (χ0n) is 12.7. The first-order valence-corrected chi connectivity index (χ1v) is 7.73. The third-order valence-corrected chi connectivity index (χ3v) is 3.02. The molecule has 0 amide bonds. The van der Waals surface area contributed by atoms with Gasteiger partial charge >= 0.3 is 0 Å². The molecule has 0 spiro atoms. The third kappa shape index (κ3) is 14.1. The monoisotopic (exact) mass is 276 g/mol. The number of aliphatic hydroxyl groups excluding tert-OH is 1. The van der Waals surface area contributed by atoms with Crippen LogP contribution in [0.5, 0.6) is 0 Å². The molecule has 4 nitrogen and oxygen atoms in total. The molecule has 0 radical (unpaired) electrons. The van der Waals surface area contributed by atoms with Crippen molar-refractivity contribution in [1.82, 2.24) is 0 Å². The molecule has 0 aromatic heterocycles. The molecular weight excluding hydrogens is 244 g/mol. The van der Waals surface area contributed by atoms with E-state index in [-0.39, 0.29) is 6.61 Å². The van der Waals surface area contributed by atoms with Gasteiger partial charge in [0.15, 0.2) is 0 Å². The Labute approximate surface area is 118 Å². The zero-order chi connectivity index (χ0) is 14.2. The third-order valence-electron chi connectivity index (χ3n) is 3.02. The van der Waals surface area contributed by atoms with Crippen molar-refractivity contribution in [3.05, 3.63) is 0 Å².